The summed E-state index contributed by atoms with van der Waals surface area (Å²) in [5.74, 6) is 2.17. The molecule has 1 saturated heterocycles. The van der Waals surface area contributed by atoms with Crippen molar-refractivity contribution in [1.29, 1.82) is 0 Å². The monoisotopic (exact) mass is 205 g/mol. The number of ether oxygens (including phenoxy) is 1. The second kappa shape index (κ2) is 5.73. The highest BCUT2D eigenvalue weighted by atomic mass is 32.2. The molecule has 0 spiro atoms. The molecule has 0 amide bonds. The molecule has 0 aliphatic carbocycles. The number of rotatable bonds is 6. The van der Waals surface area contributed by atoms with Gasteiger partial charge < -0.3 is 10.1 Å². The standard InChI is InChI=1S/C9H19NO2S/c1-8(2)12-3-4-13(11)7-9-5-10-6-9/h8-10H,3-7H2,1-2H3. The average molecular weight is 205 g/mol. The maximum absolute atomic E-state index is 11.4. The molecule has 1 rings (SSSR count). The summed E-state index contributed by atoms with van der Waals surface area (Å²) in [6, 6.07) is 0. The van der Waals surface area contributed by atoms with Gasteiger partial charge in [0.2, 0.25) is 0 Å². The Kier molecular flexibility index (Phi) is 4.91. The summed E-state index contributed by atoms with van der Waals surface area (Å²) in [4.78, 5) is 0. The van der Waals surface area contributed by atoms with E-state index >= 15 is 0 Å². The highest BCUT2D eigenvalue weighted by Gasteiger charge is 2.18. The van der Waals surface area contributed by atoms with Gasteiger partial charge >= 0.3 is 0 Å². The number of hydrogen-bond acceptors (Lipinski definition) is 3. The van der Waals surface area contributed by atoms with Crippen molar-refractivity contribution in [3.63, 3.8) is 0 Å². The van der Waals surface area contributed by atoms with Crippen LogP contribution in [0.25, 0.3) is 0 Å². The van der Waals surface area contributed by atoms with Crippen LogP contribution in [0.2, 0.25) is 0 Å². The molecular weight excluding hydrogens is 186 g/mol. The van der Waals surface area contributed by atoms with Gasteiger partial charge in [-0.05, 0) is 19.8 Å². The molecule has 0 aromatic rings. The van der Waals surface area contributed by atoms with Gasteiger partial charge in [-0.25, -0.2) is 0 Å². The van der Waals surface area contributed by atoms with E-state index in [1.165, 1.54) is 0 Å². The molecule has 0 aromatic heterocycles. The Hall–Kier alpha value is 0.0700. The molecule has 1 heterocycles. The molecule has 1 unspecified atom stereocenters. The van der Waals surface area contributed by atoms with Crippen molar-refractivity contribution in [2.24, 2.45) is 5.92 Å². The van der Waals surface area contributed by atoms with Crippen LogP contribution in [0.4, 0.5) is 0 Å². The van der Waals surface area contributed by atoms with Crippen LogP contribution in [-0.2, 0) is 15.5 Å². The minimum absolute atomic E-state index is 0.252. The Morgan fingerprint density at radius 3 is 2.69 bits per heavy atom. The number of hydrogen-bond donors (Lipinski definition) is 1. The molecule has 13 heavy (non-hydrogen) atoms. The van der Waals surface area contributed by atoms with Gasteiger partial charge in [-0.2, -0.15) is 0 Å². The summed E-state index contributed by atoms with van der Waals surface area (Å²) in [6.07, 6.45) is 0.252. The minimum atomic E-state index is -0.680. The second-order valence-corrected chi connectivity index (χ2v) is 5.38. The largest absolute Gasteiger partial charge is 0.378 e. The molecule has 1 aliphatic rings. The maximum Gasteiger partial charge on any atom is 0.0585 e. The smallest absolute Gasteiger partial charge is 0.0585 e. The van der Waals surface area contributed by atoms with Crippen LogP contribution in [0.3, 0.4) is 0 Å². The SMILES string of the molecule is CC(C)OCCS(=O)CC1CNC1. The van der Waals surface area contributed by atoms with Gasteiger partial charge in [-0.3, -0.25) is 4.21 Å². The zero-order valence-corrected chi connectivity index (χ0v) is 9.23. The fraction of sp³-hybridized carbons (Fsp3) is 1.00. The van der Waals surface area contributed by atoms with Crippen molar-refractivity contribution in [3.05, 3.63) is 0 Å². The predicted molar refractivity (Wildman–Crippen MR) is 55.3 cm³/mol. The molecule has 0 saturated carbocycles. The van der Waals surface area contributed by atoms with Gasteiger partial charge in [0.05, 0.1) is 12.7 Å². The minimum Gasteiger partial charge on any atom is -0.378 e. The van der Waals surface area contributed by atoms with Crippen molar-refractivity contribution in [2.75, 3.05) is 31.2 Å². The summed E-state index contributed by atoms with van der Waals surface area (Å²) in [5, 5.41) is 3.18. The van der Waals surface area contributed by atoms with Crippen LogP contribution < -0.4 is 5.32 Å². The number of nitrogens with one attached hydrogen (secondary N) is 1. The maximum atomic E-state index is 11.4. The van der Waals surface area contributed by atoms with E-state index < -0.39 is 10.8 Å². The molecule has 1 fully saturated rings. The molecule has 78 valence electrons. The molecule has 1 aliphatic heterocycles. The van der Waals surface area contributed by atoms with E-state index in [1.54, 1.807) is 0 Å². The van der Waals surface area contributed by atoms with Gasteiger partial charge in [-0.15, -0.1) is 0 Å². The third-order valence-corrected chi connectivity index (χ3v) is 3.52. The van der Waals surface area contributed by atoms with Crippen LogP contribution in [0.1, 0.15) is 13.8 Å². The highest BCUT2D eigenvalue weighted by Crippen LogP contribution is 2.04. The van der Waals surface area contributed by atoms with E-state index in [4.69, 9.17) is 4.74 Å². The summed E-state index contributed by atoms with van der Waals surface area (Å²) in [6.45, 7) is 6.70. The molecule has 1 atom stereocenters. The summed E-state index contributed by atoms with van der Waals surface area (Å²) in [5.41, 5.74) is 0. The first-order valence-corrected chi connectivity index (χ1v) is 6.34. The van der Waals surface area contributed by atoms with Gasteiger partial charge in [0.15, 0.2) is 0 Å². The Balaban J connectivity index is 1.97. The van der Waals surface area contributed by atoms with E-state index in [0.717, 1.165) is 18.8 Å². The summed E-state index contributed by atoms with van der Waals surface area (Å²) >= 11 is 0. The van der Waals surface area contributed by atoms with Crippen LogP contribution in [0.15, 0.2) is 0 Å². The lowest BCUT2D eigenvalue weighted by atomic mass is 10.1. The van der Waals surface area contributed by atoms with Gasteiger partial charge in [0.25, 0.3) is 0 Å². The Morgan fingerprint density at radius 1 is 1.54 bits per heavy atom. The Morgan fingerprint density at radius 2 is 2.23 bits per heavy atom. The van der Waals surface area contributed by atoms with Crippen molar-refractivity contribution in [3.8, 4) is 0 Å². The highest BCUT2D eigenvalue weighted by molar-refractivity contribution is 7.85. The van der Waals surface area contributed by atoms with Crippen LogP contribution in [0, 0.1) is 5.92 Å². The quantitative estimate of drug-likeness (QED) is 0.681. The third kappa shape index (κ3) is 4.74. The van der Waals surface area contributed by atoms with Crippen molar-refractivity contribution in [2.45, 2.75) is 20.0 Å². The first-order valence-electron chi connectivity index (χ1n) is 4.85. The average Bonchev–Trinajstić information content (AvgIpc) is 1.96. The van der Waals surface area contributed by atoms with Crippen molar-refractivity contribution >= 4 is 10.8 Å². The lowest BCUT2D eigenvalue weighted by Crippen LogP contribution is -2.45. The fourth-order valence-corrected chi connectivity index (χ4v) is 2.40. The molecule has 0 radical (unpaired) electrons. The molecule has 4 heteroatoms. The van der Waals surface area contributed by atoms with Crippen molar-refractivity contribution in [1.82, 2.24) is 5.32 Å². The van der Waals surface area contributed by atoms with E-state index in [9.17, 15) is 4.21 Å². The lowest BCUT2D eigenvalue weighted by molar-refractivity contribution is 0.0916. The molecule has 3 nitrogen and oxygen atoms in total. The van der Waals surface area contributed by atoms with Gasteiger partial charge in [-0.1, -0.05) is 0 Å². The fourth-order valence-electron chi connectivity index (χ4n) is 1.19. The topological polar surface area (TPSA) is 38.3 Å². The lowest BCUT2D eigenvalue weighted by Gasteiger charge is -2.26. The summed E-state index contributed by atoms with van der Waals surface area (Å²) < 4.78 is 16.8. The van der Waals surface area contributed by atoms with E-state index in [0.29, 0.717) is 18.3 Å². The van der Waals surface area contributed by atoms with Crippen LogP contribution >= 0.6 is 0 Å². The second-order valence-electron chi connectivity index (χ2n) is 3.75. The van der Waals surface area contributed by atoms with Gasteiger partial charge in [0.1, 0.15) is 0 Å². The molecule has 1 N–H and O–H groups in total. The third-order valence-electron chi connectivity index (χ3n) is 2.05. The molecular formula is C9H19NO2S. The normalized spacial score (nSPS) is 20.2. The van der Waals surface area contributed by atoms with Crippen molar-refractivity contribution < 1.29 is 8.95 Å². The van der Waals surface area contributed by atoms with Crippen LogP contribution in [0.5, 0.6) is 0 Å². The first kappa shape index (κ1) is 11.1. The van der Waals surface area contributed by atoms with Gasteiger partial charge in [0, 0.05) is 35.4 Å². The molecule has 0 aromatic carbocycles. The molecule has 0 bridgehead atoms. The Bertz CT molecular complexity index is 169. The zero-order valence-electron chi connectivity index (χ0n) is 8.41. The summed E-state index contributed by atoms with van der Waals surface area (Å²) in [7, 11) is -0.680. The van der Waals surface area contributed by atoms with E-state index in [2.05, 4.69) is 5.32 Å². The van der Waals surface area contributed by atoms with E-state index in [1.807, 2.05) is 13.8 Å². The predicted octanol–water partition coefficient (Wildman–Crippen LogP) is 0.380. The first-order chi connectivity index (χ1) is 6.18. The van der Waals surface area contributed by atoms with E-state index in [-0.39, 0.29) is 6.10 Å². The zero-order chi connectivity index (χ0) is 9.68. The van der Waals surface area contributed by atoms with Crippen LogP contribution in [-0.4, -0.2) is 41.5 Å². The Labute approximate surface area is 82.7 Å².